The minimum atomic E-state index is -0.838. The second-order valence-electron chi connectivity index (χ2n) is 3.54. The van der Waals surface area contributed by atoms with Crippen LogP contribution in [-0.2, 0) is 4.79 Å². The molecule has 1 saturated carbocycles. The Kier molecular flexibility index (Phi) is 1.89. The Morgan fingerprint density at radius 1 is 1.82 bits per heavy atom. The number of aliphatic hydroxyl groups is 1. The minimum absolute atomic E-state index is 0.0556. The molecule has 62 valence electrons. The van der Waals surface area contributed by atoms with Crippen LogP contribution in [-0.4, -0.2) is 17.0 Å². The SMILES string of the molecule is C=C[C@@]1(C)[C@@H](C)CC(=O)[C@@H]1O. The van der Waals surface area contributed by atoms with Crippen molar-refractivity contribution in [1.29, 1.82) is 0 Å². The van der Waals surface area contributed by atoms with Crippen molar-refractivity contribution < 1.29 is 9.90 Å². The van der Waals surface area contributed by atoms with Gasteiger partial charge in [-0.1, -0.05) is 19.9 Å². The summed E-state index contributed by atoms with van der Waals surface area (Å²) in [7, 11) is 0. The third kappa shape index (κ3) is 1.02. The molecule has 0 aromatic rings. The second kappa shape index (κ2) is 2.45. The van der Waals surface area contributed by atoms with Crippen molar-refractivity contribution in [3.8, 4) is 0 Å². The molecule has 0 aromatic heterocycles. The van der Waals surface area contributed by atoms with Crippen molar-refractivity contribution in [2.75, 3.05) is 0 Å². The average molecular weight is 154 g/mol. The normalized spacial score (nSPS) is 44.5. The van der Waals surface area contributed by atoms with E-state index in [-0.39, 0.29) is 11.7 Å². The smallest absolute Gasteiger partial charge is 0.162 e. The molecule has 2 heteroatoms. The molecule has 1 N–H and O–H groups in total. The Bertz CT molecular complexity index is 198. The van der Waals surface area contributed by atoms with Gasteiger partial charge in [0.15, 0.2) is 5.78 Å². The minimum Gasteiger partial charge on any atom is -0.384 e. The number of hydrogen-bond acceptors (Lipinski definition) is 2. The molecular formula is C9H14O2. The van der Waals surface area contributed by atoms with Gasteiger partial charge in [0.1, 0.15) is 6.10 Å². The van der Waals surface area contributed by atoms with Crippen LogP contribution in [0.15, 0.2) is 12.7 Å². The van der Waals surface area contributed by atoms with Crippen molar-refractivity contribution in [1.82, 2.24) is 0 Å². The Hall–Kier alpha value is -0.630. The van der Waals surface area contributed by atoms with Gasteiger partial charge >= 0.3 is 0 Å². The summed E-state index contributed by atoms with van der Waals surface area (Å²) in [5.41, 5.74) is -0.406. The maximum absolute atomic E-state index is 11.1. The maximum Gasteiger partial charge on any atom is 0.162 e. The summed E-state index contributed by atoms with van der Waals surface area (Å²) in [6, 6.07) is 0. The molecule has 11 heavy (non-hydrogen) atoms. The number of ketones is 1. The van der Waals surface area contributed by atoms with Gasteiger partial charge in [-0.25, -0.2) is 0 Å². The third-order valence-electron chi connectivity index (χ3n) is 2.90. The molecule has 0 heterocycles. The predicted octanol–water partition coefficient (Wildman–Crippen LogP) is 1.15. The summed E-state index contributed by atoms with van der Waals surface area (Å²) in [5.74, 6) is 0.155. The van der Waals surface area contributed by atoms with Crippen molar-refractivity contribution in [3.63, 3.8) is 0 Å². The Morgan fingerprint density at radius 2 is 2.36 bits per heavy atom. The zero-order chi connectivity index (χ0) is 8.65. The van der Waals surface area contributed by atoms with E-state index in [0.29, 0.717) is 6.42 Å². The van der Waals surface area contributed by atoms with Gasteiger partial charge in [0, 0.05) is 11.8 Å². The highest BCUT2D eigenvalue weighted by atomic mass is 16.3. The van der Waals surface area contributed by atoms with Gasteiger partial charge in [0.05, 0.1) is 0 Å². The van der Waals surface area contributed by atoms with Crippen LogP contribution in [0.2, 0.25) is 0 Å². The zero-order valence-electron chi connectivity index (χ0n) is 7.00. The number of carbonyl (C=O) groups is 1. The highest BCUT2D eigenvalue weighted by Gasteiger charge is 2.46. The van der Waals surface area contributed by atoms with Crippen LogP contribution in [0.1, 0.15) is 20.3 Å². The van der Waals surface area contributed by atoms with Crippen molar-refractivity contribution in [3.05, 3.63) is 12.7 Å². The van der Waals surface area contributed by atoms with Crippen LogP contribution in [0.3, 0.4) is 0 Å². The molecule has 0 aromatic carbocycles. The molecule has 0 unspecified atom stereocenters. The third-order valence-corrected chi connectivity index (χ3v) is 2.90. The highest BCUT2D eigenvalue weighted by Crippen LogP contribution is 2.41. The molecule has 0 aliphatic heterocycles. The number of aliphatic hydroxyl groups excluding tert-OH is 1. The van der Waals surface area contributed by atoms with E-state index in [4.69, 9.17) is 0 Å². The number of carbonyl (C=O) groups excluding carboxylic acids is 1. The molecule has 1 aliphatic carbocycles. The number of rotatable bonds is 1. The number of Topliss-reactive ketones (excluding diaryl/α,β-unsaturated/α-hetero) is 1. The second-order valence-corrected chi connectivity index (χ2v) is 3.54. The average Bonchev–Trinajstić information content (AvgIpc) is 2.16. The van der Waals surface area contributed by atoms with Gasteiger partial charge in [0.25, 0.3) is 0 Å². The van der Waals surface area contributed by atoms with E-state index in [1.54, 1.807) is 6.08 Å². The Labute approximate surface area is 66.9 Å². The van der Waals surface area contributed by atoms with Crippen LogP contribution >= 0.6 is 0 Å². The molecule has 0 radical (unpaired) electrons. The summed E-state index contributed by atoms with van der Waals surface area (Å²) in [6.07, 6.45) is 1.33. The summed E-state index contributed by atoms with van der Waals surface area (Å²) in [6.45, 7) is 7.48. The van der Waals surface area contributed by atoms with Crippen LogP contribution < -0.4 is 0 Å². The molecule has 1 fully saturated rings. The van der Waals surface area contributed by atoms with Gasteiger partial charge in [-0.15, -0.1) is 6.58 Å². The molecule has 0 bridgehead atoms. The highest BCUT2D eigenvalue weighted by molar-refractivity contribution is 5.87. The summed E-state index contributed by atoms with van der Waals surface area (Å²) in [4.78, 5) is 11.1. The van der Waals surface area contributed by atoms with Crippen LogP contribution in [0.25, 0.3) is 0 Å². The van der Waals surface area contributed by atoms with E-state index >= 15 is 0 Å². The maximum atomic E-state index is 11.1. The zero-order valence-corrected chi connectivity index (χ0v) is 7.00. The molecule has 0 spiro atoms. The Morgan fingerprint density at radius 3 is 2.55 bits per heavy atom. The van der Waals surface area contributed by atoms with E-state index in [9.17, 15) is 9.90 Å². The van der Waals surface area contributed by atoms with Crippen LogP contribution in [0.4, 0.5) is 0 Å². The van der Waals surface area contributed by atoms with Gasteiger partial charge < -0.3 is 5.11 Å². The summed E-state index contributed by atoms with van der Waals surface area (Å²) in [5, 5.41) is 9.47. The van der Waals surface area contributed by atoms with E-state index in [1.807, 2.05) is 13.8 Å². The molecule has 0 amide bonds. The molecule has 1 rings (SSSR count). The lowest BCUT2D eigenvalue weighted by Gasteiger charge is -2.26. The lowest BCUT2D eigenvalue weighted by molar-refractivity contribution is -0.126. The van der Waals surface area contributed by atoms with Crippen LogP contribution in [0, 0.1) is 11.3 Å². The van der Waals surface area contributed by atoms with E-state index in [0.717, 1.165) is 0 Å². The first-order valence-electron chi connectivity index (χ1n) is 3.86. The lowest BCUT2D eigenvalue weighted by atomic mass is 9.79. The van der Waals surface area contributed by atoms with Crippen LogP contribution in [0.5, 0.6) is 0 Å². The van der Waals surface area contributed by atoms with Crippen molar-refractivity contribution in [2.24, 2.45) is 11.3 Å². The first kappa shape index (κ1) is 8.47. The van der Waals surface area contributed by atoms with E-state index in [2.05, 4.69) is 6.58 Å². The topological polar surface area (TPSA) is 37.3 Å². The first-order chi connectivity index (χ1) is 5.02. The van der Waals surface area contributed by atoms with Crippen molar-refractivity contribution >= 4 is 5.78 Å². The number of hydrogen-bond donors (Lipinski definition) is 1. The molecule has 3 atom stereocenters. The fraction of sp³-hybridized carbons (Fsp3) is 0.667. The van der Waals surface area contributed by atoms with Gasteiger partial charge in [-0.05, 0) is 5.92 Å². The van der Waals surface area contributed by atoms with Crippen molar-refractivity contribution in [2.45, 2.75) is 26.4 Å². The fourth-order valence-electron chi connectivity index (χ4n) is 1.56. The summed E-state index contributed by atoms with van der Waals surface area (Å²) < 4.78 is 0. The standard InChI is InChI=1S/C9H14O2/c1-4-9(3)6(2)5-7(10)8(9)11/h4,6,8,11H,1,5H2,2-3H3/t6-,8-,9-/m0/s1. The quantitative estimate of drug-likeness (QED) is 0.575. The first-order valence-corrected chi connectivity index (χ1v) is 3.86. The van der Waals surface area contributed by atoms with E-state index < -0.39 is 11.5 Å². The monoisotopic (exact) mass is 154 g/mol. The predicted molar refractivity (Wildman–Crippen MR) is 43.1 cm³/mol. The van der Waals surface area contributed by atoms with Gasteiger partial charge in [-0.2, -0.15) is 0 Å². The lowest BCUT2D eigenvalue weighted by Crippen LogP contribution is -2.31. The Balaban J connectivity index is 2.95. The largest absolute Gasteiger partial charge is 0.384 e. The fourth-order valence-corrected chi connectivity index (χ4v) is 1.56. The summed E-state index contributed by atoms with van der Waals surface area (Å²) >= 11 is 0. The molecule has 2 nitrogen and oxygen atoms in total. The van der Waals surface area contributed by atoms with Gasteiger partial charge in [0.2, 0.25) is 0 Å². The van der Waals surface area contributed by atoms with E-state index in [1.165, 1.54) is 0 Å². The van der Waals surface area contributed by atoms with Gasteiger partial charge in [-0.3, -0.25) is 4.79 Å². The molecule has 1 aliphatic rings. The molecule has 0 saturated heterocycles. The molecular weight excluding hydrogens is 140 g/mol.